The van der Waals surface area contributed by atoms with Gasteiger partial charge in [-0.2, -0.15) is 0 Å². The summed E-state index contributed by atoms with van der Waals surface area (Å²) < 4.78 is 15.9. The highest BCUT2D eigenvalue weighted by Crippen LogP contribution is 2.28. The van der Waals surface area contributed by atoms with Crippen LogP contribution in [0.15, 0.2) is 18.2 Å². The molecule has 6 heteroatoms. The first-order valence-corrected chi connectivity index (χ1v) is 7.86. The van der Waals surface area contributed by atoms with E-state index in [9.17, 15) is 14.0 Å². The second-order valence-electron chi connectivity index (χ2n) is 6.32. The van der Waals surface area contributed by atoms with Crippen LogP contribution in [0.25, 0.3) is 0 Å². The fourth-order valence-electron chi connectivity index (χ4n) is 3.24. The monoisotopic (exact) mass is 329 g/mol. The summed E-state index contributed by atoms with van der Waals surface area (Å²) in [6, 6.07) is 4.81. The predicted molar refractivity (Wildman–Crippen MR) is 89.9 cm³/mol. The van der Waals surface area contributed by atoms with E-state index < -0.39 is 11.7 Å². The second-order valence-corrected chi connectivity index (χ2v) is 6.32. The van der Waals surface area contributed by atoms with E-state index in [4.69, 9.17) is 0 Å². The number of carbonyl (C=O) groups is 2. The number of halogens is 1. The summed E-state index contributed by atoms with van der Waals surface area (Å²) in [4.78, 5) is 25.0. The number of hydrogen-bond acceptors (Lipinski definition) is 2. The summed E-state index contributed by atoms with van der Waals surface area (Å²) in [5.74, 6) is -1.03. The molecule has 126 valence electrons. The van der Waals surface area contributed by atoms with E-state index in [1.807, 2.05) is 6.92 Å². The van der Waals surface area contributed by atoms with Crippen molar-refractivity contribution in [1.82, 2.24) is 9.88 Å². The molecule has 2 heterocycles. The van der Waals surface area contributed by atoms with Crippen molar-refractivity contribution in [3.05, 3.63) is 52.1 Å². The number of nitrogens with zero attached hydrogens (tertiary/aromatic N) is 1. The third-order valence-electron chi connectivity index (χ3n) is 4.56. The van der Waals surface area contributed by atoms with Crippen LogP contribution in [-0.4, -0.2) is 22.4 Å². The van der Waals surface area contributed by atoms with Gasteiger partial charge in [0, 0.05) is 18.8 Å². The molecule has 2 N–H and O–H groups in total. The molecular formula is C18H20FN3O2. The van der Waals surface area contributed by atoms with Crippen molar-refractivity contribution in [3.8, 4) is 0 Å². The Bertz CT molecular complexity index is 854. The average Bonchev–Trinajstić information content (AvgIpc) is 2.75. The number of rotatable bonds is 2. The largest absolute Gasteiger partial charge is 0.349 e. The Hall–Kier alpha value is -2.63. The van der Waals surface area contributed by atoms with Crippen LogP contribution in [0.5, 0.6) is 0 Å². The molecule has 1 atom stereocenters. The molecule has 2 aromatic rings. The lowest BCUT2D eigenvalue weighted by Crippen LogP contribution is -2.39. The molecule has 2 amide bonds. The molecule has 1 aromatic heterocycles. The quantitative estimate of drug-likeness (QED) is 0.890. The fourth-order valence-corrected chi connectivity index (χ4v) is 3.24. The second kappa shape index (κ2) is 5.78. The van der Waals surface area contributed by atoms with E-state index in [2.05, 4.69) is 10.6 Å². The number of benzene rings is 1. The van der Waals surface area contributed by atoms with Crippen molar-refractivity contribution in [2.45, 2.75) is 33.2 Å². The van der Waals surface area contributed by atoms with Gasteiger partial charge < -0.3 is 15.2 Å². The lowest BCUT2D eigenvalue weighted by atomic mass is 9.96. The van der Waals surface area contributed by atoms with E-state index in [0.717, 1.165) is 11.3 Å². The molecular weight excluding hydrogens is 309 g/mol. The molecule has 0 spiro atoms. The molecule has 24 heavy (non-hydrogen) atoms. The summed E-state index contributed by atoms with van der Waals surface area (Å²) in [7, 11) is 1.74. The number of aryl methyl sites for hydroxylation is 1. The molecule has 3 rings (SSSR count). The van der Waals surface area contributed by atoms with E-state index in [0.29, 0.717) is 23.2 Å². The third kappa shape index (κ3) is 2.48. The highest BCUT2D eigenvalue weighted by molar-refractivity contribution is 6.08. The molecule has 0 saturated carbocycles. The maximum atomic E-state index is 14.2. The Kier molecular flexibility index (Phi) is 3.91. The van der Waals surface area contributed by atoms with Gasteiger partial charge >= 0.3 is 0 Å². The molecule has 5 nitrogen and oxygen atoms in total. The van der Waals surface area contributed by atoms with E-state index >= 15 is 0 Å². The fraction of sp³-hybridized carbons (Fsp3) is 0.333. The zero-order valence-electron chi connectivity index (χ0n) is 14.2. The zero-order chi connectivity index (χ0) is 17.6. The number of amides is 2. The number of fused-ring (bicyclic) bond motifs is 1. The van der Waals surface area contributed by atoms with Gasteiger partial charge in [0.1, 0.15) is 11.5 Å². The first-order valence-electron chi connectivity index (χ1n) is 7.86. The van der Waals surface area contributed by atoms with Gasteiger partial charge in [0.05, 0.1) is 11.3 Å². The van der Waals surface area contributed by atoms with E-state index in [1.54, 1.807) is 37.6 Å². The van der Waals surface area contributed by atoms with Gasteiger partial charge in [0.25, 0.3) is 11.8 Å². The Morgan fingerprint density at radius 2 is 2.08 bits per heavy atom. The average molecular weight is 329 g/mol. The lowest BCUT2D eigenvalue weighted by molar-refractivity contribution is 0.0929. The van der Waals surface area contributed by atoms with Gasteiger partial charge in [-0.05, 0) is 44.4 Å². The Morgan fingerprint density at radius 3 is 2.79 bits per heavy atom. The van der Waals surface area contributed by atoms with Crippen LogP contribution in [0, 0.1) is 19.7 Å². The molecule has 1 aliphatic heterocycles. The molecule has 0 fully saturated rings. The van der Waals surface area contributed by atoms with Crippen molar-refractivity contribution < 1.29 is 14.0 Å². The molecule has 0 bridgehead atoms. The first kappa shape index (κ1) is 16.2. The predicted octanol–water partition coefficient (Wildman–Crippen LogP) is 2.71. The number of aromatic nitrogens is 1. The van der Waals surface area contributed by atoms with Crippen molar-refractivity contribution in [3.63, 3.8) is 0 Å². The Morgan fingerprint density at radius 1 is 1.38 bits per heavy atom. The van der Waals surface area contributed by atoms with Crippen LogP contribution >= 0.6 is 0 Å². The van der Waals surface area contributed by atoms with Crippen LogP contribution in [0.4, 0.5) is 10.1 Å². The normalized spacial score (nSPS) is 16.5. The molecule has 0 aliphatic carbocycles. The number of carbonyl (C=O) groups excluding carboxylic acids is 2. The highest BCUT2D eigenvalue weighted by Gasteiger charge is 2.32. The number of anilines is 1. The minimum Gasteiger partial charge on any atom is -0.349 e. The van der Waals surface area contributed by atoms with Crippen molar-refractivity contribution in [2.24, 2.45) is 7.05 Å². The summed E-state index contributed by atoms with van der Waals surface area (Å²) >= 11 is 0. The van der Waals surface area contributed by atoms with E-state index in [-0.39, 0.29) is 17.6 Å². The lowest BCUT2D eigenvalue weighted by Gasteiger charge is -2.21. The zero-order valence-corrected chi connectivity index (χ0v) is 14.2. The standard InChI is InChI=1S/C18H20FN3O2/c1-9-6-5-7-13(15(9)19)21-18(24)16-12-8-10(2)20-17(23)14(12)11(3)22(16)4/h5-7,10H,8H2,1-4H3,(H,20,23)(H,21,24)/t10-/m0/s1. The topological polar surface area (TPSA) is 63.1 Å². The van der Waals surface area contributed by atoms with E-state index in [1.165, 1.54) is 6.07 Å². The van der Waals surface area contributed by atoms with Gasteiger partial charge in [-0.1, -0.05) is 12.1 Å². The minimum absolute atomic E-state index is 0.0472. The van der Waals surface area contributed by atoms with Crippen molar-refractivity contribution in [1.29, 1.82) is 0 Å². The van der Waals surface area contributed by atoms with Gasteiger partial charge in [0.15, 0.2) is 0 Å². The van der Waals surface area contributed by atoms with Crippen LogP contribution in [-0.2, 0) is 13.5 Å². The smallest absolute Gasteiger partial charge is 0.272 e. The third-order valence-corrected chi connectivity index (χ3v) is 4.56. The van der Waals surface area contributed by atoms with Gasteiger partial charge in [-0.3, -0.25) is 9.59 Å². The van der Waals surface area contributed by atoms with Crippen molar-refractivity contribution >= 4 is 17.5 Å². The Balaban J connectivity index is 2.04. The maximum absolute atomic E-state index is 14.2. The van der Waals surface area contributed by atoms with Crippen LogP contribution in [0.1, 0.15) is 44.6 Å². The minimum atomic E-state index is -0.447. The SMILES string of the molecule is Cc1cccc(NC(=O)c2c3c(c(C)n2C)C(=O)N[C@@H](C)C3)c1F. The summed E-state index contributed by atoms with van der Waals surface area (Å²) in [5.41, 5.74) is 3.00. The molecule has 0 unspecified atom stereocenters. The highest BCUT2D eigenvalue weighted by atomic mass is 19.1. The maximum Gasteiger partial charge on any atom is 0.272 e. The first-order chi connectivity index (χ1) is 11.3. The van der Waals surface area contributed by atoms with Crippen LogP contribution in [0.2, 0.25) is 0 Å². The summed E-state index contributed by atoms with van der Waals surface area (Å²) in [6.07, 6.45) is 0.571. The van der Waals surface area contributed by atoms with Crippen molar-refractivity contribution in [2.75, 3.05) is 5.32 Å². The molecule has 1 aliphatic rings. The van der Waals surface area contributed by atoms with Crippen LogP contribution < -0.4 is 10.6 Å². The number of nitrogens with one attached hydrogen (secondary N) is 2. The Labute approximate surface area is 139 Å². The number of hydrogen-bond donors (Lipinski definition) is 2. The molecule has 0 saturated heterocycles. The molecule has 1 aromatic carbocycles. The van der Waals surface area contributed by atoms with Crippen LogP contribution in [0.3, 0.4) is 0 Å². The molecule has 0 radical (unpaired) electrons. The van der Waals surface area contributed by atoms with Gasteiger partial charge in [-0.25, -0.2) is 4.39 Å². The summed E-state index contributed by atoms with van der Waals surface area (Å²) in [6.45, 7) is 5.34. The summed E-state index contributed by atoms with van der Waals surface area (Å²) in [5, 5.41) is 5.51. The van der Waals surface area contributed by atoms with Gasteiger partial charge in [-0.15, -0.1) is 0 Å². The van der Waals surface area contributed by atoms with Gasteiger partial charge in [0.2, 0.25) is 0 Å².